The molecule has 0 heterocycles. The molecule has 2 rings (SSSR count). The highest BCUT2D eigenvalue weighted by Crippen LogP contribution is 2.20. The molecule has 1 unspecified atom stereocenters. The lowest BCUT2D eigenvalue weighted by Crippen LogP contribution is -2.33. The van der Waals surface area contributed by atoms with E-state index in [0.717, 1.165) is 18.9 Å². The van der Waals surface area contributed by atoms with Gasteiger partial charge in [0.2, 0.25) is 0 Å². The molecule has 0 amide bonds. The average molecular weight is 253 g/mol. The van der Waals surface area contributed by atoms with Crippen molar-refractivity contribution in [2.75, 3.05) is 6.54 Å². The first-order chi connectivity index (χ1) is 8.56. The molecule has 1 aliphatic rings. The third-order valence-electron chi connectivity index (χ3n) is 2.96. The molecule has 98 valence electrons. The SMILES string of the molecule is CC(CN=C(N)NC1CC1)c1ccc(F)cc1F. The van der Waals surface area contributed by atoms with Gasteiger partial charge in [-0.2, -0.15) is 0 Å². The Morgan fingerprint density at radius 3 is 2.83 bits per heavy atom. The van der Waals surface area contributed by atoms with Gasteiger partial charge in [0.15, 0.2) is 5.96 Å². The van der Waals surface area contributed by atoms with E-state index in [-0.39, 0.29) is 5.92 Å². The number of guanidine groups is 1. The molecule has 0 aliphatic heterocycles. The molecular weight excluding hydrogens is 236 g/mol. The third-order valence-corrected chi connectivity index (χ3v) is 2.96. The Kier molecular flexibility index (Phi) is 3.79. The third kappa shape index (κ3) is 3.42. The van der Waals surface area contributed by atoms with Crippen LogP contribution in [0.2, 0.25) is 0 Å². The van der Waals surface area contributed by atoms with Crippen molar-refractivity contribution in [2.45, 2.75) is 31.7 Å². The normalized spacial score (nSPS) is 17.6. The fourth-order valence-corrected chi connectivity index (χ4v) is 1.72. The van der Waals surface area contributed by atoms with E-state index in [2.05, 4.69) is 10.3 Å². The standard InChI is InChI=1S/C13H17F2N3/c1-8(7-17-13(16)18-10-3-4-10)11-5-2-9(14)6-12(11)15/h2,5-6,8,10H,3-4,7H2,1H3,(H3,16,17,18). The fraction of sp³-hybridized carbons (Fsp3) is 0.462. The highest BCUT2D eigenvalue weighted by atomic mass is 19.1. The number of nitrogens with two attached hydrogens (primary N) is 1. The van der Waals surface area contributed by atoms with Crippen LogP contribution in [0.25, 0.3) is 0 Å². The van der Waals surface area contributed by atoms with Gasteiger partial charge in [-0.15, -0.1) is 0 Å². The molecule has 1 fully saturated rings. The maximum Gasteiger partial charge on any atom is 0.188 e. The number of halogens is 2. The molecule has 1 aliphatic carbocycles. The number of hydrogen-bond donors (Lipinski definition) is 2. The summed E-state index contributed by atoms with van der Waals surface area (Å²) < 4.78 is 26.3. The molecule has 0 aromatic heterocycles. The van der Waals surface area contributed by atoms with Crippen molar-refractivity contribution in [2.24, 2.45) is 10.7 Å². The zero-order chi connectivity index (χ0) is 13.1. The second kappa shape index (κ2) is 5.33. The number of aliphatic imine (C=N–C) groups is 1. The van der Waals surface area contributed by atoms with Crippen molar-refractivity contribution < 1.29 is 8.78 Å². The van der Waals surface area contributed by atoms with E-state index in [0.29, 0.717) is 24.1 Å². The summed E-state index contributed by atoms with van der Waals surface area (Å²) in [6.07, 6.45) is 2.25. The number of nitrogens with one attached hydrogen (secondary N) is 1. The average Bonchev–Trinajstić information content (AvgIpc) is 3.10. The smallest absolute Gasteiger partial charge is 0.188 e. The molecule has 1 atom stereocenters. The van der Waals surface area contributed by atoms with Crippen LogP contribution in [0.4, 0.5) is 8.78 Å². The lowest BCUT2D eigenvalue weighted by Gasteiger charge is -2.11. The van der Waals surface area contributed by atoms with Crippen LogP contribution >= 0.6 is 0 Å². The van der Waals surface area contributed by atoms with Crippen molar-refractivity contribution in [1.29, 1.82) is 0 Å². The van der Waals surface area contributed by atoms with Crippen LogP contribution in [0.1, 0.15) is 31.2 Å². The highest BCUT2D eigenvalue weighted by molar-refractivity contribution is 5.78. The Morgan fingerprint density at radius 2 is 2.22 bits per heavy atom. The van der Waals surface area contributed by atoms with Gasteiger partial charge in [-0.3, -0.25) is 4.99 Å². The second-order valence-electron chi connectivity index (χ2n) is 4.71. The molecule has 1 aromatic rings. The molecule has 18 heavy (non-hydrogen) atoms. The first kappa shape index (κ1) is 12.8. The summed E-state index contributed by atoms with van der Waals surface area (Å²) in [4.78, 5) is 4.17. The molecule has 0 radical (unpaired) electrons. The molecule has 0 bridgehead atoms. The zero-order valence-electron chi connectivity index (χ0n) is 10.3. The maximum absolute atomic E-state index is 13.5. The summed E-state index contributed by atoms with van der Waals surface area (Å²) in [5, 5.41) is 3.06. The van der Waals surface area contributed by atoms with E-state index in [1.54, 1.807) is 0 Å². The van der Waals surface area contributed by atoms with Crippen LogP contribution in [-0.2, 0) is 0 Å². The van der Waals surface area contributed by atoms with Crippen molar-refractivity contribution in [3.8, 4) is 0 Å². The monoisotopic (exact) mass is 253 g/mol. The van der Waals surface area contributed by atoms with Gasteiger partial charge in [0, 0.05) is 24.6 Å². The van der Waals surface area contributed by atoms with E-state index in [1.807, 2.05) is 6.92 Å². The zero-order valence-corrected chi connectivity index (χ0v) is 10.3. The van der Waals surface area contributed by atoms with Gasteiger partial charge in [0.25, 0.3) is 0 Å². The van der Waals surface area contributed by atoms with Gasteiger partial charge >= 0.3 is 0 Å². The Labute approximate surface area is 105 Å². The predicted octanol–water partition coefficient (Wildman–Crippen LogP) is 2.13. The Bertz CT molecular complexity index is 456. The summed E-state index contributed by atoms with van der Waals surface area (Å²) in [6, 6.07) is 4.05. The molecule has 5 heteroatoms. The van der Waals surface area contributed by atoms with E-state index in [1.165, 1.54) is 12.1 Å². The Balaban J connectivity index is 1.95. The first-order valence-electron chi connectivity index (χ1n) is 6.07. The Hall–Kier alpha value is -1.65. The van der Waals surface area contributed by atoms with Gasteiger partial charge in [0.05, 0.1) is 0 Å². The topological polar surface area (TPSA) is 50.4 Å². The molecule has 3 nitrogen and oxygen atoms in total. The van der Waals surface area contributed by atoms with E-state index in [4.69, 9.17) is 5.73 Å². The maximum atomic E-state index is 13.5. The molecule has 0 saturated heterocycles. The van der Waals surface area contributed by atoms with Crippen LogP contribution in [0.15, 0.2) is 23.2 Å². The molecule has 1 saturated carbocycles. The van der Waals surface area contributed by atoms with Crippen LogP contribution < -0.4 is 11.1 Å². The summed E-state index contributed by atoms with van der Waals surface area (Å²) in [5.41, 5.74) is 6.15. The summed E-state index contributed by atoms with van der Waals surface area (Å²) in [5.74, 6) is -0.842. The largest absolute Gasteiger partial charge is 0.370 e. The number of benzene rings is 1. The number of hydrogen-bond acceptors (Lipinski definition) is 1. The highest BCUT2D eigenvalue weighted by Gasteiger charge is 2.21. The van der Waals surface area contributed by atoms with Gasteiger partial charge in [-0.25, -0.2) is 8.78 Å². The summed E-state index contributed by atoms with van der Waals surface area (Å²) in [7, 11) is 0. The van der Waals surface area contributed by atoms with Crippen LogP contribution in [0.3, 0.4) is 0 Å². The van der Waals surface area contributed by atoms with Crippen molar-refractivity contribution in [1.82, 2.24) is 5.32 Å². The summed E-state index contributed by atoms with van der Waals surface area (Å²) >= 11 is 0. The summed E-state index contributed by atoms with van der Waals surface area (Å²) in [6.45, 7) is 2.22. The number of rotatable bonds is 4. The van der Waals surface area contributed by atoms with Gasteiger partial charge in [-0.1, -0.05) is 13.0 Å². The minimum atomic E-state index is -0.568. The fourth-order valence-electron chi connectivity index (χ4n) is 1.72. The van der Waals surface area contributed by atoms with Gasteiger partial charge < -0.3 is 11.1 Å². The molecular formula is C13H17F2N3. The molecule has 3 N–H and O–H groups in total. The quantitative estimate of drug-likeness (QED) is 0.638. The van der Waals surface area contributed by atoms with Crippen LogP contribution in [-0.4, -0.2) is 18.5 Å². The Morgan fingerprint density at radius 1 is 1.50 bits per heavy atom. The van der Waals surface area contributed by atoms with Crippen molar-refractivity contribution in [3.63, 3.8) is 0 Å². The van der Waals surface area contributed by atoms with Gasteiger partial charge in [0.1, 0.15) is 11.6 Å². The van der Waals surface area contributed by atoms with Crippen molar-refractivity contribution in [3.05, 3.63) is 35.4 Å². The first-order valence-corrected chi connectivity index (χ1v) is 6.07. The van der Waals surface area contributed by atoms with Crippen LogP contribution in [0.5, 0.6) is 0 Å². The minimum absolute atomic E-state index is 0.134. The minimum Gasteiger partial charge on any atom is -0.370 e. The van der Waals surface area contributed by atoms with E-state index in [9.17, 15) is 8.78 Å². The van der Waals surface area contributed by atoms with Gasteiger partial charge in [-0.05, 0) is 24.5 Å². The van der Waals surface area contributed by atoms with E-state index < -0.39 is 11.6 Å². The van der Waals surface area contributed by atoms with Crippen molar-refractivity contribution >= 4 is 5.96 Å². The predicted molar refractivity (Wildman–Crippen MR) is 67.4 cm³/mol. The molecule has 0 spiro atoms. The lowest BCUT2D eigenvalue weighted by molar-refractivity contribution is 0.560. The molecule has 1 aromatic carbocycles. The second-order valence-corrected chi connectivity index (χ2v) is 4.71. The number of nitrogens with zero attached hydrogens (tertiary/aromatic N) is 1. The lowest BCUT2D eigenvalue weighted by atomic mass is 10.0. The van der Waals surface area contributed by atoms with Crippen LogP contribution in [0, 0.1) is 11.6 Å². The van der Waals surface area contributed by atoms with E-state index >= 15 is 0 Å².